The number of amides is 2. The number of hydrogen-bond acceptors (Lipinski definition) is 4. The van der Waals surface area contributed by atoms with E-state index in [1.165, 1.54) is 11.3 Å². The Morgan fingerprint density at radius 2 is 1.77 bits per heavy atom. The van der Waals surface area contributed by atoms with Crippen LogP contribution in [0.3, 0.4) is 0 Å². The monoisotopic (exact) mass is 435 g/mol. The molecule has 0 spiro atoms. The highest BCUT2D eigenvalue weighted by Gasteiger charge is 2.26. The van der Waals surface area contributed by atoms with E-state index in [4.69, 9.17) is 0 Å². The Morgan fingerprint density at radius 1 is 1.08 bits per heavy atom. The van der Waals surface area contributed by atoms with Gasteiger partial charge >= 0.3 is 6.03 Å². The first-order chi connectivity index (χ1) is 12.6. The van der Waals surface area contributed by atoms with Crippen LogP contribution in [-0.4, -0.2) is 60.2 Å². The molecule has 0 radical (unpaired) electrons. The summed E-state index contributed by atoms with van der Waals surface area (Å²) in [5.74, 6) is 0.0675. The van der Waals surface area contributed by atoms with Gasteiger partial charge in [0.15, 0.2) is 5.78 Å². The van der Waals surface area contributed by atoms with Gasteiger partial charge in [-0.15, -0.1) is 11.3 Å². The number of Topliss-reactive ketones (excluding diaryl/α,β-unsaturated/α-hetero) is 1. The number of para-hydroxylation sites is 1. The number of carbonyl (C=O) groups is 2. The fourth-order valence-electron chi connectivity index (χ4n) is 2.88. The van der Waals surface area contributed by atoms with Crippen molar-refractivity contribution in [1.29, 1.82) is 0 Å². The lowest BCUT2D eigenvalue weighted by Gasteiger charge is -2.36. The molecule has 1 aliphatic rings. The smallest absolute Gasteiger partial charge is 0.322 e. The van der Waals surface area contributed by atoms with Gasteiger partial charge in [0.1, 0.15) is 0 Å². The van der Waals surface area contributed by atoms with Crippen molar-refractivity contribution >= 4 is 44.8 Å². The van der Waals surface area contributed by atoms with E-state index in [9.17, 15) is 9.59 Å². The molecule has 26 heavy (non-hydrogen) atoms. The van der Waals surface area contributed by atoms with Gasteiger partial charge in [-0.3, -0.25) is 9.69 Å². The number of ketones is 1. The molecule has 0 aliphatic carbocycles. The lowest BCUT2D eigenvalue weighted by atomic mass is 10.2. The number of thiophene rings is 1. The van der Waals surface area contributed by atoms with Crippen LogP contribution in [0.1, 0.15) is 14.5 Å². The second-order valence-electron chi connectivity index (χ2n) is 6.32. The summed E-state index contributed by atoms with van der Waals surface area (Å²) in [6.07, 6.45) is 0. The van der Waals surface area contributed by atoms with E-state index in [0.717, 1.165) is 41.6 Å². The first-order valence-electron chi connectivity index (χ1n) is 8.56. The maximum Gasteiger partial charge on any atom is 0.324 e. The van der Waals surface area contributed by atoms with Crippen LogP contribution in [-0.2, 0) is 6.54 Å². The van der Waals surface area contributed by atoms with Crippen LogP contribution >= 0.6 is 27.3 Å². The number of benzene rings is 1. The number of carbonyl (C=O) groups excluding carboxylic acids is 2. The second-order valence-corrected chi connectivity index (χ2v) is 8.05. The molecule has 1 saturated heterocycles. The minimum atomic E-state index is 0.0195. The number of anilines is 1. The number of piperazine rings is 1. The number of hydrogen-bond donors (Lipinski definition) is 0. The molecule has 1 aromatic carbocycles. The Bertz CT molecular complexity index is 757. The van der Waals surface area contributed by atoms with Crippen LogP contribution in [0.15, 0.2) is 42.5 Å². The number of halogens is 1. The van der Waals surface area contributed by atoms with Crippen LogP contribution in [0.5, 0.6) is 0 Å². The maximum atomic E-state index is 13.2. The molecule has 0 unspecified atom stereocenters. The zero-order valence-electron chi connectivity index (χ0n) is 14.7. The van der Waals surface area contributed by atoms with Crippen LogP contribution in [0.4, 0.5) is 10.5 Å². The molecule has 2 aromatic rings. The van der Waals surface area contributed by atoms with E-state index in [0.29, 0.717) is 11.9 Å². The van der Waals surface area contributed by atoms with Gasteiger partial charge in [-0.1, -0.05) is 34.1 Å². The zero-order valence-corrected chi connectivity index (χ0v) is 17.1. The van der Waals surface area contributed by atoms with Gasteiger partial charge < -0.3 is 9.80 Å². The first kappa shape index (κ1) is 19.1. The SMILES string of the molecule is CN1CCN(C(=O)N(Cc2ccc(C(=O)CBr)s2)c2ccccc2)CC1. The average molecular weight is 436 g/mol. The molecule has 138 valence electrons. The number of nitrogens with zero attached hydrogens (tertiary/aromatic N) is 3. The summed E-state index contributed by atoms with van der Waals surface area (Å²) in [6, 6.07) is 13.5. The van der Waals surface area contributed by atoms with Crippen molar-refractivity contribution in [1.82, 2.24) is 9.80 Å². The van der Waals surface area contributed by atoms with Crippen molar-refractivity contribution in [3.8, 4) is 0 Å². The quantitative estimate of drug-likeness (QED) is 0.531. The summed E-state index contributed by atoms with van der Waals surface area (Å²) >= 11 is 4.66. The van der Waals surface area contributed by atoms with Crippen molar-refractivity contribution in [3.63, 3.8) is 0 Å². The number of likely N-dealkylation sites (N-methyl/N-ethyl adjacent to an activating group) is 1. The number of alkyl halides is 1. The minimum Gasteiger partial charge on any atom is -0.322 e. The normalized spacial score (nSPS) is 15.1. The van der Waals surface area contributed by atoms with E-state index in [-0.39, 0.29) is 11.8 Å². The standard InChI is InChI=1S/C19H22BrN3O2S/c1-21-9-11-22(12-10-21)19(25)23(15-5-3-2-4-6-15)14-16-7-8-18(26-16)17(24)13-20/h2-8H,9-14H2,1H3. The van der Waals surface area contributed by atoms with Gasteiger partial charge in [-0.25, -0.2) is 4.79 Å². The Kier molecular flexibility index (Phi) is 6.45. The highest BCUT2D eigenvalue weighted by molar-refractivity contribution is 9.09. The fourth-order valence-corrected chi connectivity index (χ4v) is 4.30. The Labute approximate surface area is 166 Å². The van der Waals surface area contributed by atoms with Crippen LogP contribution in [0.2, 0.25) is 0 Å². The van der Waals surface area contributed by atoms with Crippen molar-refractivity contribution in [3.05, 3.63) is 52.2 Å². The van der Waals surface area contributed by atoms with Gasteiger partial charge in [0.05, 0.1) is 16.8 Å². The molecular weight excluding hydrogens is 414 g/mol. The summed E-state index contributed by atoms with van der Waals surface area (Å²) in [5, 5.41) is 0.315. The molecule has 1 aromatic heterocycles. The molecule has 0 bridgehead atoms. The lowest BCUT2D eigenvalue weighted by molar-refractivity contribution is 0.102. The Morgan fingerprint density at radius 3 is 2.42 bits per heavy atom. The summed E-state index contributed by atoms with van der Waals surface area (Å²) in [6.45, 7) is 3.71. The number of rotatable bonds is 5. The average Bonchev–Trinajstić information content (AvgIpc) is 3.15. The molecule has 0 atom stereocenters. The van der Waals surface area contributed by atoms with E-state index < -0.39 is 0 Å². The zero-order chi connectivity index (χ0) is 18.5. The Hall–Kier alpha value is -1.70. The Balaban J connectivity index is 1.81. The molecule has 2 heterocycles. The van der Waals surface area contributed by atoms with Gasteiger partial charge in [0.2, 0.25) is 0 Å². The third kappa shape index (κ3) is 4.52. The van der Waals surface area contributed by atoms with Crippen molar-refractivity contribution in [2.24, 2.45) is 0 Å². The minimum absolute atomic E-state index is 0.0195. The van der Waals surface area contributed by atoms with Crippen LogP contribution < -0.4 is 4.90 Å². The van der Waals surface area contributed by atoms with E-state index in [2.05, 4.69) is 27.9 Å². The highest BCUT2D eigenvalue weighted by Crippen LogP contribution is 2.24. The van der Waals surface area contributed by atoms with E-state index >= 15 is 0 Å². The highest BCUT2D eigenvalue weighted by atomic mass is 79.9. The predicted molar refractivity (Wildman–Crippen MR) is 110 cm³/mol. The second kappa shape index (κ2) is 8.79. The molecule has 3 rings (SSSR count). The molecule has 7 heteroatoms. The predicted octanol–water partition coefficient (Wildman–Crippen LogP) is 3.70. The van der Waals surface area contributed by atoms with E-state index in [1.807, 2.05) is 47.4 Å². The third-order valence-corrected chi connectivity index (χ3v) is 6.06. The van der Waals surface area contributed by atoms with Crippen LogP contribution in [0.25, 0.3) is 0 Å². The molecule has 0 saturated carbocycles. The van der Waals surface area contributed by atoms with Crippen LogP contribution in [0, 0.1) is 0 Å². The third-order valence-electron chi connectivity index (χ3n) is 4.44. The van der Waals surface area contributed by atoms with Gasteiger partial charge in [0.25, 0.3) is 0 Å². The van der Waals surface area contributed by atoms with Gasteiger partial charge in [0, 0.05) is 36.7 Å². The summed E-state index contributed by atoms with van der Waals surface area (Å²) < 4.78 is 0. The van der Waals surface area contributed by atoms with Gasteiger partial charge in [-0.2, -0.15) is 0 Å². The van der Waals surface area contributed by atoms with Crippen molar-refractivity contribution < 1.29 is 9.59 Å². The van der Waals surface area contributed by atoms with E-state index in [1.54, 1.807) is 4.90 Å². The lowest BCUT2D eigenvalue weighted by Crippen LogP contribution is -2.51. The summed E-state index contributed by atoms with van der Waals surface area (Å²) in [4.78, 5) is 32.7. The molecule has 1 fully saturated rings. The molecule has 5 nitrogen and oxygen atoms in total. The molecule has 1 aliphatic heterocycles. The molecular formula is C19H22BrN3O2S. The largest absolute Gasteiger partial charge is 0.324 e. The summed E-state index contributed by atoms with van der Waals surface area (Å²) in [5.41, 5.74) is 0.873. The van der Waals surface area contributed by atoms with Crippen molar-refractivity contribution in [2.45, 2.75) is 6.54 Å². The van der Waals surface area contributed by atoms with Crippen molar-refractivity contribution in [2.75, 3.05) is 43.5 Å². The molecule has 2 amide bonds. The number of urea groups is 1. The maximum absolute atomic E-state index is 13.2. The molecule has 0 N–H and O–H groups in total. The topological polar surface area (TPSA) is 43.9 Å². The first-order valence-corrected chi connectivity index (χ1v) is 10.5. The summed E-state index contributed by atoms with van der Waals surface area (Å²) in [7, 11) is 2.07. The fraction of sp³-hybridized carbons (Fsp3) is 0.368. The van der Waals surface area contributed by atoms with Gasteiger partial charge in [-0.05, 0) is 31.3 Å².